The third-order valence-corrected chi connectivity index (χ3v) is 3.07. The minimum atomic E-state index is -0.407. The maximum Gasteiger partial charge on any atom is 0.277 e. The van der Waals surface area contributed by atoms with Crippen molar-refractivity contribution in [1.82, 2.24) is 19.7 Å². The molecule has 0 bridgehead atoms. The summed E-state index contributed by atoms with van der Waals surface area (Å²) in [5, 5.41) is 6.75. The van der Waals surface area contributed by atoms with E-state index in [-0.39, 0.29) is 21.7 Å². The lowest BCUT2D eigenvalue weighted by Crippen LogP contribution is -2.14. The largest absolute Gasteiger partial charge is 0.304 e. The lowest BCUT2D eigenvalue weighted by molar-refractivity contribution is 0.102. The molecule has 1 N–H and O–H groups in total. The van der Waals surface area contributed by atoms with Gasteiger partial charge in [-0.3, -0.25) is 9.48 Å². The summed E-state index contributed by atoms with van der Waals surface area (Å²) in [5.41, 5.74) is 1.15. The molecule has 2 rings (SSSR count). The molecule has 0 unspecified atom stereocenters. The van der Waals surface area contributed by atoms with E-state index in [1.54, 1.807) is 17.8 Å². The smallest absolute Gasteiger partial charge is 0.277 e. The van der Waals surface area contributed by atoms with Gasteiger partial charge in [0, 0.05) is 12.7 Å². The molecule has 1 amide bonds. The molecule has 0 aromatic carbocycles. The SMILES string of the molecule is Cc1cc(C(=O)Nc2ncnc(Cl)c2Cl)nn1C. The van der Waals surface area contributed by atoms with E-state index in [1.165, 1.54) is 6.33 Å². The van der Waals surface area contributed by atoms with Crippen molar-refractivity contribution in [3.05, 3.63) is 34.0 Å². The second kappa shape index (κ2) is 4.91. The van der Waals surface area contributed by atoms with Crippen LogP contribution >= 0.6 is 23.2 Å². The van der Waals surface area contributed by atoms with Gasteiger partial charge in [-0.05, 0) is 13.0 Å². The normalized spacial score (nSPS) is 10.4. The van der Waals surface area contributed by atoms with Crippen LogP contribution in [0.1, 0.15) is 16.2 Å². The Bertz CT molecular complexity index is 591. The number of aromatic nitrogens is 4. The summed E-state index contributed by atoms with van der Waals surface area (Å²) < 4.78 is 1.60. The van der Waals surface area contributed by atoms with Gasteiger partial charge in [-0.25, -0.2) is 9.97 Å². The Morgan fingerprint density at radius 2 is 2.11 bits per heavy atom. The number of nitrogens with one attached hydrogen (secondary N) is 1. The number of carbonyl (C=O) groups is 1. The number of nitrogens with zero attached hydrogens (tertiary/aromatic N) is 4. The Hall–Kier alpha value is -1.66. The van der Waals surface area contributed by atoms with Crippen LogP contribution in [0.4, 0.5) is 5.82 Å². The van der Waals surface area contributed by atoms with E-state index in [9.17, 15) is 4.79 Å². The zero-order valence-electron chi connectivity index (χ0n) is 9.61. The van der Waals surface area contributed by atoms with Crippen molar-refractivity contribution >= 4 is 34.9 Å². The predicted octanol–water partition coefficient (Wildman–Crippen LogP) is 2.08. The molecule has 2 aromatic heterocycles. The summed E-state index contributed by atoms with van der Waals surface area (Å²) in [7, 11) is 1.75. The molecule has 94 valence electrons. The lowest BCUT2D eigenvalue weighted by Gasteiger charge is -2.04. The molecule has 2 heterocycles. The highest BCUT2D eigenvalue weighted by atomic mass is 35.5. The maximum atomic E-state index is 11.9. The molecule has 0 aliphatic heterocycles. The first-order valence-electron chi connectivity index (χ1n) is 4.97. The van der Waals surface area contributed by atoms with E-state index >= 15 is 0 Å². The molecule has 0 atom stereocenters. The maximum absolute atomic E-state index is 11.9. The highest BCUT2D eigenvalue weighted by Crippen LogP contribution is 2.25. The third-order valence-electron chi connectivity index (χ3n) is 2.33. The van der Waals surface area contributed by atoms with Crippen molar-refractivity contribution in [2.24, 2.45) is 7.05 Å². The van der Waals surface area contributed by atoms with Crippen LogP contribution in [0.5, 0.6) is 0 Å². The molecule has 0 fully saturated rings. The minimum Gasteiger partial charge on any atom is -0.304 e. The Labute approximate surface area is 113 Å². The van der Waals surface area contributed by atoms with Gasteiger partial charge in [0.25, 0.3) is 5.91 Å². The highest BCUT2D eigenvalue weighted by molar-refractivity contribution is 6.43. The molecule has 18 heavy (non-hydrogen) atoms. The van der Waals surface area contributed by atoms with Crippen LogP contribution in [0.2, 0.25) is 10.2 Å². The van der Waals surface area contributed by atoms with E-state index in [0.717, 1.165) is 5.69 Å². The van der Waals surface area contributed by atoms with Gasteiger partial charge in [-0.15, -0.1) is 0 Å². The number of aryl methyl sites for hydroxylation is 2. The zero-order chi connectivity index (χ0) is 13.3. The van der Waals surface area contributed by atoms with Crippen LogP contribution in [0, 0.1) is 6.92 Å². The zero-order valence-corrected chi connectivity index (χ0v) is 11.1. The molecule has 0 saturated carbocycles. The standard InChI is InChI=1S/C10H9Cl2N5O/c1-5-3-6(16-17(5)2)10(18)15-9-7(11)8(12)13-4-14-9/h3-4H,1-2H3,(H,13,14,15,18). The van der Waals surface area contributed by atoms with Crippen LogP contribution in [-0.4, -0.2) is 25.7 Å². The van der Waals surface area contributed by atoms with Gasteiger partial charge in [0.2, 0.25) is 0 Å². The molecule has 6 nitrogen and oxygen atoms in total. The highest BCUT2D eigenvalue weighted by Gasteiger charge is 2.15. The fraction of sp³-hybridized carbons (Fsp3) is 0.200. The van der Waals surface area contributed by atoms with Gasteiger partial charge in [0.1, 0.15) is 11.3 Å². The van der Waals surface area contributed by atoms with Gasteiger partial charge in [0.15, 0.2) is 16.7 Å². The van der Waals surface area contributed by atoms with Crippen molar-refractivity contribution in [3.63, 3.8) is 0 Å². The average Bonchev–Trinajstić information content (AvgIpc) is 2.66. The number of halogens is 2. The average molecular weight is 286 g/mol. The molecule has 0 aliphatic carbocycles. The van der Waals surface area contributed by atoms with E-state index in [4.69, 9.17) is 23.2 Å². The molecular weight excluding hydrogens is 277 g/mol. The molecule has 0 spiro atoms. The van der Waals surface area contributed by atoms with Crippen molar-refractivity contribution in [2.45, 2.75) is 6.92 Å². The summed E-state index contributed by atoms with van der Waals surface area (Å²) in [6, 6.07) is 1.66. The van der Waals surface area contributed by atoms with Crippen molar-refractivity contribution in [2.75, 3.05) is 5.32 Å². The number of carbonyl (C=O) groups excluding carboxylic acids is 1. The van der Waals surface area contributed by atoms with Crippen molar-refractivity contribution in [3.8, 4) is 0 Å². The summed E-state index contributed by atoms with van der Waals surface area (Å²) >= 11 is 11.6. The number of anilines is 1. The van der Waals surface area contributed by atoms with Crippen molar-refractivity contribution < 1.29 is 4.79 Å². The van der Waals surface area contributed by atoms with E-state index in [2.05, 4.69) is 20.4 Å². The van der Waals surface area contributed by atoms with E-state index in [1.807, 2.05) is 6.92 Å². The van der Waals surface area contributed by atoms with E-state index in [0.29, 0.717) is 0 Å². The number of hydrogen-bond donors (Lipinski definition) is 1. The summed E-state index contributed by atoms with van der Waals surface area (Å²) in [4.78, 5) is 19.4. The quantitative estimate of drug-likeness (QED) is 0.858. The summed E-state index contributed by atoms with van der Waals surface area (Å²) in [5.74, 6) is -0.250. The summed E-state index contributed by atoms with van der Waals surface area (Å²) in [6.45, 7) is 1.85. The van der Waals surface area contributed by atoms with Gasteiger partial charge >= 0.3 is 0 Å². The second-order valence-electron chi connectivity index (χ2n) is 3.58. The minimum absolute atomic E-state index is 0.0826. The molecular formula is C10H9Cl2N5O. The molecule has 2 aromatic rings. The van der Waals surface area contributed by atoms with Crippen LogP contribution in [0.15, 0.2) is 12.4 Å². The summed E-state index contributed by atoms with van der Waals surface area (Å²) in [6.07, 6.45) is 1.22. The van der Waals surface area contributed by atoms with Crippen molar-refractivity contribution in [1.29, 1.82) is 0 Å². The third kappa shape index (κ3) is 2.44. The lowest BCUT2D eigenvalue weighted by atomic mass is 10.3. The van der Waals surface area contributed by atoms with Gasteiger partial charge < -0.3 is 5.32 Å². The number of amides is 1. The van der Waals surface area contributed by atoms with Gasteiger partial charge in [-0.2, -0.15) is 5.10 Å². The molecule has 0 saturated heterocycles. The van der Waals surface area contributed by atoms with Crippen LogP contribution < -0.4 is 5.32 Å². The first-order chi connectivity index (χ1) is 8.49. The Morgan fingerprint density at radius 1 is 1.39 bits per heavy atom. The van der Waals surface area contributed by atoms with E-state index < -0.39 is 5.91 Å². The monoisotopic (exact) mass is 285 g/mol. The fourth-order valence-electron chi connectivity index (χ4n) is 1.28. The van der Waals surface area contributed by atoms with Crippen LogP contribution in [0.25, 0.3) is 0 Å². The van der Waals surface area contributed by atoms with Crippen LogP contribution in [0.3, 0.4) is 0 Å². The van der Waals surface area contributed by atoms with Gasteiger partial charge in [0.05, 0.1) is 0 Å². The molecule has 0 radical (unpaired) electrons. The molecule has 8 heteroatoms. The topological polar surface area (TPSA) is 72.7 Å². The fourth-order valence-corrected chi connectivity index (χ4v) is 1.56. The first kappa shape index (κ1) is 12.8. The van der Waals surface area contributed by atoms with Crippen LogP contribution in [-0.2, 0) is 7.05 Å². The first-order valence-corrected chi connectivity index (χ1v) is 5.72. The second-order valence-corrected chi connectivity index (χ2v) is 4.31. The Morgan fingerprint density at radius 3 is 2.72 bits per heavy atom. The van der Waals surface area contributed by atoms with Gasteiger partial charge in [-0.1, -0.05) is 23.2 Å². The number of hydrogen-bond acceptors (Lipinski definition) is 4. The Kier molecular flexibility index (Phi) is 3.49. The Balaban J connectivity index is 2.24. The molecule has 0 aliphatic rings. The number of rotatable bonds is 2. The predicted molar refractivity (Wildman–Crippen MR) is 68.0 cm³/mol.